The molecule has 1 atom stereocenters. The first-order valence-corrected chi connectivity index (χ1v) is 9.65. The Kier molecular flexibility index (Phi) is 5.84. The van der Waals surface area contributed by atoms with Gasteiger partial charge in [0.25, 0.3) is 0 Å². The number of aromatic nitrogens is 2. The molecule has 1 aliphatic rings. The van der Waals surface area contributed by atoms with Gasteiger partial charge in [0.2, 0.25) is 5.91 Å². The number of hydrogen-bond donors (Lipinski definition) is 2. The Morgan fingerprint density at radius 3 is 2.61 bits per heavy atom. The highest BCUT2D eigenvalue weighted by Crippen LogP contribution is 2.26. The Labute approximate surface area is 165 Å². The van der Waals surface area contributed by atoms with Gasteiger partial charge in [0, 0.05) is 18.0 Å². The number of piperidine rings is 1. The van der Waals surface area contributed by atoms with Crippen molar-refractivity contribution in [2.45, 2.75) is 39.0 Å². The lowest BCUT2D eigenvalue weighted by Gasteiger charge is -2.29. The van der Waals surface area contributed by atoms with E-state index >= 15 is 0 Å². The molecule has 0 aliphatic carbocycles. The molecule has 7 heteroatoms. The summed E-state index contributed by atoms with van der Waals surface area (Å²) in [5.41, 5.74) is 1.61. The molecule has 2 aromatic rings. The van der Waals surface area contributed by atoms with E-state index in [1.165, 1.54) is 0 Å². The van der Waals surface area contributed by atoms with Crippen molar-refractivity contribution in [3.05, 3.63) is 42.1 Å². The maximum Gasteiger partial charge on any atom is 0.307 e. The Bertz CT molecular complexity index is 839. The van der Waals surface area contributed by atoms with Crippen LogP contribution in [0.2, 0.25) is 0 Å². The quantitative estimate of drug-likeness (QED) is 0.828. The minimum absolute atomic E-state index is 0.152. The molecule has 1 unspecified atom stereocenters. The lowest BCUT2D eigenvalue weighted by Crippen LogP contribution is -2.42. The van der Waals surface area contributed by atoms with Crippen molar-refractivity contribution in [2.75, 3.05) is 25.0 Å². The van der Waals surface area contributed by atoms with E-state index in [0.29, 0.717) is 18.8 Å². The van der Waals surface area contributed by atoms with E-state index in [1.54, 1.807) is 4.68 Å². The van der Waals surface area contributed by atoms with Crippen LogP contribution in [-0.2, 0) is 15.0 Å². The van der Waals surface area contributed by atoms with Crippen molar-refractivity contribution in [2.24, 2.45) is 5.92 Å². The molecule has 0 spiro atoms. The van der Waals surface area contributed by atoms with Crippen LogP contribution in [0.15, 0.2) is 36.4 Å². The number of carbonyl (C=O) groups excluding carboxylic acids is 1. The molecule has 7 nitrogen and oxygen atoms in total. The summed E-state index contributed by atoms with van der Waals surface area (Å²) in [6.07, 6.45) is 1.46. The predicted molar refractivity (Wildman–Crippen MR) is 108 cm³/mol. The minimum atomic E-state index is -0.790. The van der Waals surface area contributed by atoms with E-state index in [9.17, 15) is 14.7 Å². The summed E-state index contributed by atoms with van der Waals surface area (Å²) in [5.74, 6) is -0.734. The molecule has 0 saturated carbocycles. The molecule has 0 bridgehead atoms. The highest BCUT2D eigenvalue weighted by Gasteiger charge is 2.27. The summed E-state index contributed by atoms with van der Waals surface area (Å²) in [6.45, 7) is 7.56. The van der Waals surface area contributed by atoms with Crippen LogP contribution < -0.4 is 5.32 Å². The summed E-state index contributed by atoms with van der Waals surface area (Å²) >= 11 is 0. The molecule has 1 aromatic carbocycles. The summed E-state index contributed by atoms with van der Waals surface area (Å²) < 4.78 is 1.74. The fraction of sp³-hybridized carbons (Fsp3) is 0.476. The third-order valence-corrected chi connectivity index (χ3v) is 4.97. The third-order valence-electron chi connectivity index (χ3n) is 4.97. The summed E-state index contributed by atoms with van der Waals surface area (Å²) in [6, 6.07) is 11.6. The van der Waals surface area contributed by atoms with Crippen molar-refractivity contribution in [1.29, 1.82) is 0 Å². The highest BCUT2D eigenvalue weighted by molar-refractivity contribution is 5.92. The molecule has 1 amide bonds. The zero-order valence-corrected chi connectivity index (χ0v) is 16.7. The lowest BCUT2D eigenvalue weighted by molar-refractivity contribution is -0.144. The van der Waals surface area contributed by atoms with Gasteiger partial charge in [0.15, 0.2) is 0 Å². The number of carboxylic acids is 1. The van der Waals surface area contributed by atoms with Crippen LogP contribution in [0.4, 0.5) is 5.82 Å². The SMILES string of the molecule is CC(C)(C)c1cc(NC(=O)CN2CCCC(C(=O)O)C2)n(-c2ccccc2)n1. The first-order valence-electron chi connectivity index (χ1n) is 9.65. The molecule has 1 aliphatic heterocycles. The van der Waals surface area contributed by atoms with E-state index in [2.05, 4.69) is 26.1 Å². The average Bonchev–Trinajstić information content (AvgIpc) is 3.06. The van der Waals surface area contributed by atoms with Gasteiger partial charge in [0.1, 0.15) is 5.82 Å². The van der Waals surface area contributed by atoms with Crippen LogP contribution in [0.1, 0.15) is 39.3 Å². The Morgan fingerprint density at radius 1 is 1.25 bits per heavy atom. The number of carbonyl (C=O) groups is 2. The number of para-hydroxylation sites is 1. The topological polar surface area (TPSA) is 87.5 Å². The molecule has 1 aromatic heterocycles. The number of amides is 1. The largest absolute Gasteiger partial charge is 0.481 e. The minimum Gasteiger partial charge on any atom is -0.481 e. The van der Waals surface area contributed by atoms with Crippen molar-refractivity contribution < 1.29 is 14.7 Å². The fourth-order valence-corrected chi connectivity index (χ4v) is 3.39. The van der Waals surface area contributed by atoms with Gasteiger partial charge in [-0.2, -0.15) is 5.10 Å². The molecular formula is C21H28N4O3. The van der Waals surface area contributed by atoms with Crippen LogP contribution in [-0.4, -0.2) is 51.3 Å². The van der Waals surface area contributed by atoms with Crippen LogP contribution in [0.3, 0.4) is 0 Å². The number of likely N-dealkylation sites (tertiary alicyclic amines) is 1. The molecule has 2 heterocycles. The molecule has 2 N–H and O–H groups in total. The van der Waals surface area contributed by atoms with Gasteiger partial charge in [-0.1, -0.05) is 39.0 Å². The van der Waals surface area contributed by atoms with E-state index in [0.717, 1.165) is 24.3 Å². The molecule has 0 radical (unpaired) electrons. The molecule has 28 heavy (non-hydrogen) atoms. The second-order valence-electron chi connectivity index (χ2n) is 8.37. The summed E-state index contributed by atoms with van der Waals surface area (Å²) in [5, 5.41) is 16.9. The van der Waals surface area contributed by atoms with Crippen molar-refractivity contribution in [3.8, 4) is 5.69 Å². The molecular weight excluding hydrogens is 356 g/mol. The van der Waals surface area contributed by atoms with Gasteiger partial charge in [-0.25, -0.2) is 4.68 Å². The van der Waals surface area contributed by atoms with Gasteiger partial charge in [0.05, 0.1) is 23.8 Å². The van der Waals surface area contributed by atoms with Gasteiger partial charge in [-0.15, -0.1) is 0 Å². The van der Waals surface area contributed by atoms with E-state index in [1.807, 2.05) is 41.3 Å². The second kappa shape index (κ2) is 8.14. The van der Waals surface area contributed by atoms with E-state index in [-0.39, 0.29) is 17.9 Å². The Balaban J connectivity index is 1.76. The van der Waals surface area contributed by atoms with Crippen LogP contribution >= 0.6 is 0 Å². The van der Waals surface area contributed by atoms with Crippen LogP contribution in [0.25, 0.3) is 5.69 Å². The van der Waals surface area contributed by atoms with Gasteiger partial charge in [-0.3, -0.25) is 14.5 Å². The van der Waals surface area contributed by atoms with Crippen molar-refractivity contribution in [1.82, 2.24) is 14.7 Å². The van der Waals surface area contributed by atoms with Crippen molar-refractivity contribution in [3.63, 3.8) is 0 Å². The number of hydrogen-bond acceptors (Lipinski definition) is 4. The molecule has 1 saturated heterocycles. The third kappa shape index (κ3) is 4.78. The number of nitrogens with zero attached hydrogens (tertiary/aromatic N) is 3. The summed E-state index contributed by atoms with van der Waals surface area (Å²) in [7, 11) is 0. The fourth-order valence-electron chi connectivity index (χ4n) is 3.39. The van der Waals surface area contributed by atoms with E-state index < -0.39 is 11.9 Å². The van der Waals surface area contributed by atoms with E-state index in [4.69, 9.17) is 5.10 Å². The van der Waals surface area contributed by atoms with Crippen molar-refractivity contribution >= 4 is 17.7 Å². The number of aliphatic carboxylic acids is 1. The first-order chi connectivity index (χ1) is 13.2. The average molecular weight is 384 g/mol. The molecule has 1 fully saturated rings. The standard InChI is InChI=1S/C21H28N4O3/c1-21(2,3)17-12-18(25(23-17)16-9-5-4-6-10-16)22-19(26)14-24-11-7-8-15(13-24)20(27)28/h4-6,9-10,12,15H,7-8,11,13-14H2,1-3H3,(H,22,26)(H,27,28). The predicted octanol–water partition coefficient (Wildman–Crippen LogP) is 2.90. The number of carboxylic acid groups (broad SMARTS) is 1. The number of rotatable bonds is 5. The van der Waals surface area contributed by atoms with Crippen LogP contribution in [0.5, 0.6) is 0 Å². The molecule has 150 valence electrons. The second-order valence-corrected chi connectivity index (χ2v) is 8.37. The molecule has 3 rings (SSSR count). The number of anilines is 1. The van der Waals surface area contributed by atoms with Gasteiger partial charge in [-0.05, 0) is 31.5 Å². The highest BCUT2D eigenvalue weighted by atomic mass is 16.4. The maximum absolute atomic E-state index is 12.7. The number of benzene rings is 1. The zero-order chi connectivity index (χ0) is 20.3. The van der Waals surface area contributed by atoms with Gasteiger partial charge < -0.3 is 10.4 Å². The first kappa shape index (κ1) is 20.1. The maximum atomic E-state index is 12.7. The zero-order valence-electron chi connectivity index (χ0n) is 16.7. The van der Waals surface area contributed by atoms with Gasteiger partial charge >= 0.3 is 5.97 Å². The Hall–Kier alpha value is -2.67. The number of nitrogens with one attached hydrogen (secondary N) is 1. The summed E-state index contributed by atoms with van der Waals surface area (Å²) in [4.78, 5) is 25.8. The lowest BCUT2D eigenvalue weighted by atomic mass is 9.92. The monoisotopic (exact) mass is 384 g/mol. The normalized spacial score (nSPS) is 18.0. The Morgan fingerprint density at radius 2 is 1.96 bits per heavy atom. The smallest absolute Gasteiger partial charge is 0.307 e. The van der Waals surface area contributed by atoms with Crippen LogP contribution in [0, 0.1) is 5.92 Å².